The summed E-state index contributed by atoms with van der Waals surface area (Å²) in [4.78, 5) is 33.5. The van der Waals surface area contributed by atoms with Crippen LogP contribution in [-0.2, 0) is 27.2 Å². The van der Waals surface area contributed by atoms with Crippen LogP contribution >= 0.6 is 0 Å². The van der Waals surface area contributed by atoms with Gasteiger partial charge in [-0.2, -0.15) is 0 Å². The van der Waals surface area contributed by atoms with Gasteiger partial charge in [-0.15, -0.1) is 0 Å². The summed E-state index contributed by atoms with van der Waals surface area (Å²) in [6.07, 6.45) is 2.73. The molecule has 44 heavy (non-hydrogen) atoms. The maximum Gasteiger partial charge on any atom is 0.407 e. The fourth-order valence-electron chi connectivity index (χ4n) is 6.10. The van der Waals surface area contributed by atoms with Crippen molar-refractivity contribution in [3.8, 4) is 5.75 Å². The zero-order valence-electron chi connectivity index (χ0n) is 26.2. The standard InChI is InChI=1S/C35H44N4O5/c1-35(2,3)44-34(42)36-28(20-24-12-13-25-9-5-6-10-26(25)19-24)21-32(41)38-16-7-11-27(23-38)33-37-30-15-14-29(40)22-31(30)39(33)17-8-18-43-4/h5-6,9-10,12-15,19,22,27-28,40H,7-8,11,16-18,20-21,23H2,1-4H3,(H,36,42)/t27?,28-/m1/s1. The fraction of sp³-hybridized carbons (Fsp3) is 0.457. The van der Waals surface area contributed by atoms with Crippen LogP contribution < -0.4 is 5.32 Å². The number of hydrogen-bond acceptors (Lipinski definition) is 6. The normalized spacial score (nSPS) is 16.3. The third kappa shape index (κ3) is 7.88. The molecule has 5 rings (SSSR count). The number of alkyl carbamates (subject to hydrolysis) is 1. The molecule has 1 aliphatic heterocycles. The molecule has 234 valence electrons. The molecule has 1 aromatic heterocycles. The highest BCUT2D eigenvalue weighted by molar-refractivity contribution is 5.83. The molecule has 1 unspecified atom stereocenters. The van der Waals surface area contributed by atoms with E-state index < -0.39 is 17.7 Å². The molecule has 2 N–H and O–H groups in total. The lowest BCUT2D eigenvalue weighted by Crippen LogP contribution is -2.46. The molecule has 9 heteroatoms. The molecule has 3 aromatic carbocycles. The van der Waals surface area contributed by atoms with Crippen molar-refractivity contribution in [2.45, 2.75) is 77.0 Å². The molecule has 9 nitrogen and oxygen atoms in total. The smallest absolute Gasteiger partial charge is 0.407 e. The van der Waals surface area contributed by atoms with Gasteiger partial charge in [0.2, 0.25) is 5.91 Å². The van der Waals surface area contributed by atoms with Gasteiger partial charge in [0.15, 0.2) is 0 Å². The molecule has 1 aliphatic rings. The molecule has 1 fully saturated rings. The largest absolute Gasteiger partial charge is 0.508 e. The van der Waals surface area contributed by atoms with Gasteiger partial charge in [0.05, 0.1) is 11.0 Å². The molecular weight excluding hydrogens is 556 g/mol. The number of piperidine rings is 1. The van der Waals surface area contributed by atoms with Crippen molar-refractivity contribution in [3.63, 3.8) is 0 Å². The zero-order chi connectivity index (χ0) is 31.3. The molecule has 0 saturated carbocycles. The second-order valence-corrected chi connectivity index (χ2v) is 12.8. The quantitative estimate of drug-likeness (QED) is 0.211. The van der Waals surface area contributed by atoms with E-state index in [9.17, 15) is 14.7 Å². The number of likely N-dealkylation sites (tertiary alicyclic amines) is 1. The molecule has 0 aliphatic carbocycles. The van der Waals surface area contributed by atoms with Crippen LogP contribution in [0.1, 0.15) is 63.8 Å². The van der Waals surface area contributed by atoms with Gasteiger partial charge < -0.3 is 29.4 Å². The van der Waals surface area contributed by atoms with Crippen LogP contribution in [0.5, 0.6) is 5.75 Å². The molecule has 2 atom stereocenters. The minimum atomic E-state index is -0.646. The first-order valence-corrected chi connectivity index (χ1v) is 15.5. The molecule has 0 spiro atoms. The van der Waals surface area contributed by atoms with Crippen molar-refractivity contribution in [2.24, 2.45) is 0 Å². The minimum Gasteiger partial charge on any atom is -0.508 e. The van der Waals surface area contributed by atoms with Crippen LogP contribution in [0.4, 0.5) is 4.79 Å². The van der Waals surface area contributed by atoms with E-state index in [4.69, 9.17) is 14.5 Å². The number of methoxy groups -OCH3 is 1. The number of aromatic hydroxyl groups is 1. The first-order valence-electron chi connectivity index (χ1n) is 15.5. The molecule has 0 radical (unpaired) electrons. The number of imidazole rings is 1. The summed E-state index contributed by atoms with van der Waals surface area (Å²) in [6.45, 7) is 8.02. The second-order valence-electron chi connectivity index (χ2n) is 12.8. The van der Waals surface area contributed by atoms with Gasteiger partial charge in [0.1, 0.15) is 17.2 Å². The number of rotatable bonds is 10. The van der Waals surface area contributed by atoms with E-state index in [1.54, 1.807) is 19.2 Å². The number of benzene rings is 3. The van der Waals surface area contributed by atoms with Gasteiger partial charge in [-0.25, -0.2) is 9.78 Å². The Bertz CT molecular complexity index is 1610. The number of phenols is 1. The number of fused-ring (bicyclic) bond motifs is 2. The molecule has 2 heterocycles. The van der Waals surface area contributed by atoms with E-state index in [1.165, 1.54) is 0 Å². The lowest BCUT2D eigenvalue weighted by molar-refractivity contribution is -0.132. The lowest BCUT2D eigenvalue weighted by atomic mass is 9.95. The summed E-state index contributed by atoms with van der Waals surface area (Å²) in [5, 5.41) is 15.4. The monoisotopic (exact) mass is 600 g/mol. The van der Waals surface area contributed by atoms with Crippen LogP contribution in [0.3, 0.4) is 0 Å². The summed E-state index contributed by atoms with van der Waals surface area (Å²) in [7, 11) is 1.69. The Morgan fingerprint density at radius 2 is 1.89 bits per heavy atom. The Hall–Kier alpha value is -4.11. The van der Waals surface area contributed by atoms with E-state index in [2.05, 4.69) is 40.2 Å². The summed E-state index contributed by atoms with van der Waals surface area (Å²) >= 11 is 0. The number of aryl methyl sites for hydroxylation is 1. The van der Waals surface area contributed by atoms with Crippen LogP contribution in [0.25, 0.3) is 21.8 Å². The summed E-state index contributed by atoms with van der Waals surface area (Å²) < 4.78 is 13.0. The number of nitrogens with one attached hydrogen (secondary N) is 1. The topological polar surface area (TPSA) is 106 Å². The molecule has 1 saturated heterocycles. The van der Waals surface area contributed by atoms with E-state index in [1.807, 2.05) is 43.9 Å². The van der Waals surface area contributed by atoms with E-state index in [0.29, 0.717) is 32.7 Å². The van der Waals surface area contributed by atoms with E-state index in [0.717, 1.165) is 52.5 Å². The summed E-state index contributed by atoms with van der Waals surface area (Å²) in [5.74, 6) is 1.19. The van der Waals surface area contributed by atoms with Crippen molar-refractivity contribution in [1.29, 1.82) is 0 Å². The number of carbonyl (C=O) groups excluding carboxylic acids is 2. The van der Waals surface area contributed by atoms with E-state index in [-0.39, 0.29) is 24.0 Å². The fourth-order valence-corrected chi connectivity index (χ4v) is 6.10. The SMILES string of the molecule is COCCCn1c(C2CCCN(C(=O)C[C@@H](Cc3ccc4ccccc4c3)NC(=O)OC(C)(C)C)C2)nc2ccc(O)cc21. The van der Waals surface area contributed by atoms with Crippen molar-refractivity contribution in [1.82, 2.24) is 19.8 Å². The first kappa shape index (κ1) is 31.3. The maximum atomic E-state index is 13.8. The molecule has 0 bridgehead atoms. The van der Waals surface area contributed by atoms with Gasteiger partial charge in [-0.05, 0) is 74.9 Å². The highest BCUT2D eigenvalue weighted by Crippen LogP contribution is 2.31. The molecule has 4 aromatic rings. The Morgan fingerprint density at radius 3 is 2.66 bits per heavy atom. The van der Waals surface area contributed by atoms with Gasteiger partial charge in [0.25, 0.3) is 0 Å². The number of nitrogens with zero attached hydrogens (tertiary/aromatic N) is 3. The first-order chi connectivity index (χ1) is 21.1. The third-order valence-electron chi connectivity index (χ3n) is 8.07. The highest BCUT2D eigenvalue weighted by Gasteiger charge is 2.31. The number of carbonyl (C=O) groups is 2. The van der Waals surface area contributed by atoms with Crippen LogP contribution in [0.2, 0.25) is 0 Å². The average molecular weight is 601 g/mol. The van der Waals surface area contributed by atoms with Gasteiger partial charge >= 0.3 is 6.09 Å². The van der Waals surface area contributed by atoms with Crippen LogP contribution in [0, 0.1) is 0 Å². The van der Waals surface area contributed by atoms with Crippen LogP contribution in [-0.4, -0.2) is 70.0 Å². The third-order valence-corrected chi connectivity index (χ3v) is 8.07. The molecular formula is C35H44N4O5. The van der Waals surface area contributed by atoms with Gasteiger partial charge in [-0.1, -0.05) is 42.5 Å². The van der Waals surface area contributed by atoms with Gasteiger partial charge in [-0.3, -0.25) is 4.79 Å². The number of hydrogen-bond donors (Lipinski definition) is 2. The van der Waals surface area contributed by atoms with Crippen molar-refractivity contribution < 1.29 is 24.2 Å². The van der Waals surface area contributed by atoms with Crippen LogP contribution in [0.15, 0.2) is 60.7 Å². The predicted octanol–water partition coefficient (Wildman–Crippen LogP) is 6.16. The van der Waals surface area contributed by atoms with E-state index >= 15 is 0 Å². The Labute approximate surface area is 259 Å². The average Bonchev–Trinajstić information content (AvgIpc) is 3.33. The Morgan fingerprint density at radius 1 is 1.09 bits per heavy atom. The summed E-state index contributed by atoms with van der Waals surface area (Å²) in [6, 6.07) is 19.2. The number of ether oxygens (including phenoxy) is 2. The zero-order valence-corrected chi connectivity index (χ0v) is 26.2. The van der Waals surface area contributed by atoms with Crippen molar-refractivity contribution >= 4 is 33.8 Å². The van der Waals surface area contributed by atoms with Crippen molar-refractivity contribution in [2.75, 3.05) is 26.8 Å². The van der Waals surface area contributed by atoms with Gasteiger partial charge in [0, 0.05) is 57.8 Å². The Balaban J connectivity index is 1.34. The number of aromatic nitrogens is 2. The second kappa shape index (κ2) is 13.7. The lowest BCUT2D eigenvalue weighted by Gasteiger charge is -2.34. The Kier molecular flexibility index (Phi) is 9.74. The summed E-state index contributed by atoms with van der Waals surface area (Å²) in [5.41, 5.74) is 2.11. The minimum absolute atomic E-state index is 0.00348. The predicted molar refractivity (Wildman–Crippen MR) is 172 cm³/mol. The maximum absolute atomic E-state index is 13.8. The molecule has 2 amide bonds. The highest BCUT2D eigenvalue weighted by atomic mass is 16.6. The number of phenolic OH excluding ortho intramolecular Hbond substituents is 1. The van der Waals surface area contributed by atoms with Crippen molar-refractivity contribution in [3.05, 3.63) is 72.1 Å². The number of amides is 2.